The maximum absolute atomic E-state index is 14.2. The summed E-state index contributed by atoms with van der Waals surface area (Å²) in [5.74, 6) is -3.18. The fourth-order valence-electron chi connectivity index (χ4n) is 2.43. The number of benzene rings is 1. The number of halogens is 5. The van der Waals surface area contributed by atoms with Gasteiger partial charge < -0.3 is 10.4 Å². The Morgan fingerprint density at radius 2 is 1.86 bits per heavy atom. The van der Waals surface area contributed by atoms with Gasteiger partial charge in [0.2, 0.25) is 0 Å². The smallest absolute Gasteiger partial charge is 0.289 e. The van der Waals surface area contributed by atoms with Gasteiger partial charge in [-0.1, -0.05) is 6.07 Å². The van der Waals surface area contributed by atoms with Crippen molar-refractivity contribution in [3.63, 3.8) is 0 Å². The van der Waals surface area contributed by atoms with Gasteiger partial charge in [-0.2, -0.15) is 0 Å². The summed E-state index contributed by atoms with van der Waals surface area (Å²) >= 11 is 6.68. The minimum atomic E-state index is -3.18. The molecule has 1 aliphatic heterocycles. The molecule has 0 saturated carbocycles. The van der Waals surface area contributed by atoms with Crippen LogP contribution in [0.1, 0.15) is 11.6 Å². The highest BCUT2D eigenvalue weighted by molar-refractivity contribution is 9.13. The molecule has 0 radical (unpaired) electrons. The Balaban J connectivity index is 0.00000220. The zero-order valence-corrected chi connectivity index (χ0v) is 15.1. The molecule has 120 valence electrons. The summed E-state index contributed by atoms with van der Waals surface area (Å²) < 4.78 is 29.9. The summed E-state index contributed by atoms with van der Waals surface area (Å²) in [6.45, 7) is 1.27. The lowest BCUT2D eigenvalue weighted by Crippen LogP contribution is -2.51. The normalized spacial score (nSPS) is 18.1. The van der Waals surface area contributed by atoms with Crippen molar-refractivity contribution in [1.29, 1.82) is 0 Å². The molecule has 2 N–H and O–H groups in total. The van der Waals surface area contributed by atoms with Crippen LogP contribution >= 0.6 is 44.3 Å². The van der Waals surface area contributed by atoms with Gasteiger partial charge in [0.25, 0.3) is 5.92 Å². The van der Waals surface area contributed by atoms with Crippen LogP contribution in [0.2, 0.25) is 0 Å². The second kappa shape index (κ2) is 8.17. The van der Waals surface area contributed by atoms with E-state index in [-0.39, 0.29) is 12.4 Å². The first kappa shape index (κ1) is 19.3. The highest BCUT2D eigenvalue weighted by atomic mass is 79.9. The average molecular weight is 451 g/mol. The van der Waals surface area contributed by atoms with E-state index in [1.54, 1.807) is 23.1 Å². The number of alkyl halides is 2. The first-order chi connectivity index (χ1) is 9.45. The first-order valence-electron chi connectivity index (χ1n) is 6.34. The van der Waals surface area contributed by atoms with Gasteiger partial charge in [-0.25, -0.2) is 8.78 Å². The molecular weight excluding hydrogens is 433 g/mol. The topological polar surface area (TPSA) is 35.5 Å². The largest absolute Gasteiger partial charge is 0.390 e. The molecule has 0 aliphatic carbocycles. The molecule has 1 aromatic carbocycles. The van der Waals surface area contributed by atoms with E-state index < -0.39 is 18.6 Å². The van der Waals surface area contributed by atoms with Crippen LogP contribution in [0.4, 0.5) is 8.78 Å². The summed E-state index contributed by atoms with van der Waals surface area (Å²) in [7, 11) is 0. The molecule has 8 heteroatoms. The van der Waals surface area contributed by atoms with Gasteiger partial charge in [0.1, 0.15) is 12.6 Å². The number of piperazine rings is 1. The average Bonchev–Trinajstić information content (AvgIpc) is 2.44. The van der Waals surface area contributed by atoms with Gasteiger partial charge in [-0.05, 0) is 49.6 Å². The molecule has 1 aliphatic rings. The Hall–Kier alpha value is 0.210. The number of hydrogen-bond acceptors (Lipinski definition) is 3. The molecule has 0 spiro atoms. The highest BCUT2D eigenvalue weighted by Crippen LogP contribution is 2.38. The van der Waals surface area contributed by atoms with E-state index in [9.17, 15) is 8.78 Å². The zero-order chi connectivity index (χ0) is 14.8. The monoisotopic (exact) mass is 448 g/mol. The van der Waals surface area contributed by atoms with Crippen molar-refractivity contribution in [3.8, 4) is 0 Å². The van der Waals surface area contributed by atoms with E-state index in [2.05, 4.69) is 37.2 Å². The first-order valence-corrected chi connectivity index (χ1v) is 7.92. The van der Waals surface area contributed by atoms with Gasteiger partial charge in [0, 0.05) is 35.1 Å². The Kier molecular flexibility index (Phi) is 7.49. The minimum Gasteiger partial charge on any atom is -0.390 e. The fourth-order valence-corrected chi connectivity index (χ4v) is 3.07. The summed E-state index contributed by atoms with van der Waals surface area (Å²) in [5.41, 5.74) is 0.501. The van der Waals surface area contributed by atoms with Gasteiger partial charge in [-0.3, -0.25) is 4.90 Å². The van der Waals surface area contributed by atoms with E-state index in [1.807, 2.05) is 0 Å². The van der Waals surface area contributed by atoms with Crippen LogP contribution in [-0.4, -0.2) is 48.7 Å². The van der Waals surface area contributed by atoms with E-state index in [0.717, 1.165) is 8.95 Å². The Bertz CT molecular complexity index is 473. The van der Waals surface area contributed by atoms with Crippen molar-refractivity contribution < 1.29 is 13.9 Å². The second-order valence-corrected chi connectivity index (χ2v) is 6.49. The lowest BCUT2D eigenvalue weighted by molar-refractivity contribution is -0.118. The summed E-state index contributed by atoms with van der Waals surface area (Å²) in [5, 5.41) is 12.2. The van der Waals surface area contributed by atoms with Crippen molar-refractivity contribution in [2.75, 3.05) is 32.8 Å². The van der Waals surface area contributed by atoms with Gasteiger partial charge in [0.05, 0.1) is 0 Å². The van der Waals surface area contributed by atoms with Gasteiger partial charge >= 0.3 is 0 Å². The molecule has 1 atom stereocenters. The molecule has 0 aromatic heterocycles. The number of hydrogen-bond donors (Lipinski definition) is 2. The van der Waals surface area contributed by atoms with Crippen molar-refractivity contribution in [2.45, 2.75) is 12.0 Å². The van der Waals surface area contributed by atoms with Crippen LogP contribution in [0.3, 0.4) is 0 Å². The predicted octanol–water partition coefficient (Wildman–Crippen LogP) is 3.21. The Labute approximate surface area is 145 Å². The van der Waals surface area contributed by atoms with E-state index in [1.165, 1.54) is 0 Å². The Morgan fingerprint density at radius 3 is 2.38 bits per heavy atom. The maximum atomic E-state index is 14.2. The number of nitrogens with zero attached hydrogens (tertiary/aromatic N) is 1. The van der Waals surface area contributed by atoms with E-state index in [4.69, 9.17) is 5.11 Å². The standard InChI is InChI=1S/C13H16Br2F2N2O.ClH/c14-10-2-1-9(7-11(10)15)12(13(16,17)8-20)19-5-3-18-4-6-19;/h1-2,7,12,18,20H,3-6,8H2;1H/t12-;/m1./s1. The molecular formula is C13H17Br2ClF2N2O. The van der Waals surface area contributed by atoms with E-state index in [0.29, 0.717) is 31.7 Å². The lowest BCUT2D eigenvalue weighted by atomic mass is 9.98. The number of nitrogens with one attached hydrogen (secondary N) is 1. The summed E-state index contributed by atoms with van der Waals surface area (Å²) in [6.07, 6.45) is 0. The second-order valence-electron chi connectivity index (χ2n) is 4.78. The maximum Gasteiger partial charge on any atom is 0.289 e. The molecule has 0 unspecified atom stereocenters. The molecule has 1 saturated heterocycles. The van der Waals surface area contributed by atoms with Crippen molar-refractivity contribution >= 4 is 44.3 Å². The molecule has 1 heterocycles. The number of rotatable bonds is 4. The van der Waals surface area contributed by atoms with Gasteiger partial charge in [-0.15, -0.1) is 12.4 Å². The molecule has 0 amide bonds. The fraction of sp³-hybridized carbons (Fsp3) is 0.538. The third-order valence-corrected chi connectivity index (χ3v) is 5.27. The van der Waals surface area contributed by atoms with Crippen molar-refractivity contribution in [3.05, 3.63) is 32.7 Å². The van der Waals surface area contributed by atoms with Crippen molar-refractivity contribution in [1.82, 2.24) is 10.2 Å². The molecule has 2 rings (SSSR count). The minimum absolute atomic E-state index is 0. The SMILES string of the molecule is Cl.OCC(F)(F)[C@@H](c1ccc(Br)c(Br)c1)N1CCNCC1. The lowest BCUT2D eigenvalue weighted by Gasteiger charge is -2.38. The van der Waals surface area contributed by atoms with Crippen LogP contribution in [0.25, 0.3) is 0 Å². The Morgan fingerprint density at radius 1 is 1.24 bits per heavy atom. The van der Waals surface area contributed by atoms with Crippen LogP contribution in [0.5, 0.6) is 0 Å². The predicted molar refractivity (Wildman–Crippen MR) is 88.3 cm³/mol. The van der Waals surface area contributed by atoms with Gasteiger partial charge in [0.15, 0.2) is 0 Å². The van der Waals surface area contributed by atoms with Crippen LogP contribution in [0, 0.1) is 0 Å². The van der Waals surface area contributed by atoms with E-state index >= 15 is 0 Å². The molecule has 3 nitrogen and oxygen atoms in total. The zero-order valence-electron chi connectivity index (χ0n) is 11.2. The van der Waals surface area contributed by atoms with Crippen LogP contribution < -0.4 is 5.32 Å². The quantitative estimate of drug-likeness (QED) is 0.740. The highest BCUT2D eigenvalue weighted by Gasteiger charge is 2.44. The number of aliphatic hydroxyl groups is 1. The third-order valence-electron chi connectivity index (χ3n) is 3.39. The molecule has 21 heavy (non-hydrogen) atoms. The third kappa shape index (κ3) is 4.59. The van der Waals surface area contributed by atoms with Crippen LogP contribution in [0.15, 0.2) is 27.1 Å². The summed E-state index contributed by atoms with van der Waals surface area (Å²) in [4.78, 5) is 1.72. The molecule has 1 fully saturated rings. The molecule has 1 aromatic rings. The molecule has 0 bridgehead atoms. The van der Waals surface area contributed by atoms with Crippen LogP contribution in [-0.2, 0) is 0 Å². The summed E-state index contributed by atoms with van der Waals surface area (Å²) in [6, 6.07) is 3.98. The number of aliphatic hydroxyl groups excluding tert-OH is 1. The van der Waals surface area contributed by atoms with Crippen molar-refractivity contribution in [2.24, 2.45) is 0 Å².